The molecule has 2 aliphatic heterocycles. The van der Waals surface area contributed by atoms with Gasteiger partial charge in [0, 0.05) is 32.7 Å². The Morgan fingerprint density at radius 2 is 1.74 bits per heavy atom. The van der Waals surface area contributed by atoms with Crippen LogP contribution in [0.25, 0.3) is 0 Å². The number of fused-ring (bicyclic) bond motifs is 1. The molecule has 0 radical (unpaired) electrons. The van der Waals surface area contributed by atoms with Crippen molar-refractivity contribution in [3.63, 3.8) is 0 Å². The summed E-state index contributed by atoms with van der Waals surface area (Å²) in [5.41, 5.74) is 1.85. The number of piperazine rings is 1. The van der Waals surface area contributed by atoms with E-state index in [1.165, 1.54) is 5.56 Å². The number of amides is 1. The van der Waals surface area contributed by atoms with Gasteiger partial charge in [0.05, 0.1) is 11.6 Å². The first-order valence-corrected chi connectivity index (χ1v) is 9.11. The van der Waals surface area contributed by atoms with E-state index in [1.54, 1.807) is 0 Å². The molecule has 0 saturated carbocycles. The lowest BCUT2D eigenvalue weighted by molar-refractivity contribution is -0.143. The van der Waals surface area contributed by atoms with E-state index in [4.69, 9.17) is 14.7 Å². The van der Waals surface area contributed by atoms with E-state index in [2.05, 4.69) is 11.0 Å². The van der Waals surface area contributed by atoms with Crippen LogP contribution in [-0.2, 0) is 11.3 Å². The van der Waals surface area contributed by atoms with Crippen molar-refractivity contribution < 1.29 is 14.3 Å². The highest BCUT2D eigenvalue weighted by molar-refractivity contribution is 5.82. The molecule has 0 bridgehead atoms. The van der Waals surface area contributed by atoms with E-state index >= 15 is 0 Å². The highest BCUT2D eigenvalue weighted by atomic mass is 16.6. The number of ether oxygens (including phenoxy) is 2. The van der Waals surface area contributed by atoms with Gasteiger partial charge in [-0.3, -0.25) is 9.69 Å². The van der Waals surface area contributed by atoms with Crippen LogP contribution in [0, 0.1) is 11.3 Å². The summed E-state index contributed by atoms with van der Waals surface area (Å²) >= 11 is 0. The van der Waals surface area contributed by atoms with Crippen LogP contribution in [0.2, 0.25) is 0 Å². The average molecular weight is 363 g/mol. The number of benzene rings is 2. The maximum Gasteiger partial charge on any atom is 0.267 e. The minimum atomic E-state index is -0.579. The van der Waals surface area contributed by atoms with E-state index in [0.717, 1.165) is 19.6 Å². The van der Waals surface area contributed by atoms with Gasteiger partial charge < -0.3 is 14.4 Å². The quantitative estimate of drug-likeness (QED) is 0.835. The number of rotatable bonds is 3. The Balaban J connectivity index is 1.30. The van der Waals surface area contributed by atoms with E-state index < -0.39 is 6.10 Å². The molecule has 0 aromatic heterocycles. The number of para-hydroxylation sites is 2. The molecule has 0 spiro atoms. The van der Waals surface area contributed by atoms with Crippen LogP contribution in [0.3, 0.4) is 0 Å². The molecule has 0 N–H and O–H groups in total. The number of carbonyl (C=O) groups excluding carboxylic acids is 1. The summed E-state index contributed by atoms with van der Waals surface area (Å²) in [6.07, 6.45) is -0.579. The summed E-state index contributed by atoms with van der Waals surface area (Å²) < 4.78 is 11.5. The van der Waals surface area contributed by atoms with Crippen LogP contribution in [0.5, 0.6) is 11.5 Å². The summed E-state index contributed by atoms with van der Waals surface area (Å²) in [6.45, 7) is 4.06. The number of hydrogen-bond donors (Lipinski definition) is 0. The van der Waals surface area contributed by atoms with Crippen LogP contribution in [0.4, 0.5) is 0 Å². The van der Waals surface area contributed by atoms with Gasteiger partial charge in [-0.15, -0.1) is 0 Å². The molecular weight excluding hydrogens is 342 g/mol. The van der Waals surface area contributed by atoms with E-state index in [1.807, 2.05) is 53.4 Å². The van der Waals surface area contributed by atoms with Crippen molar-refractivity contribution in [2.75, 3.05) is 32.8 Å². The largest absolute Gasteiger partial charge is 0.485 e. The lowest BCUT2D eigenvalue weighted by Crippen LogP contribution is -2.53. The van der Waals surface area contributed by atoms with Gasteiger partial charge >= 0.3 is 0 Å². The first kappa shape index (κ1) is 17.4. The molecule has 0 unspecified atom stereocenters. The molecule has 2 heterocycles. The van der Waals surface area contributed by atoms with Gasteiger partial charge in [-0.05, 0) is 29.8 Å². The predicted octanol–water partition coefficient (Wildman–Crippen LogP) is 2.04. The second-order valence-electron chi connectivity index (χ2n) is 6.77. The highest BCUT2D eigenvalue weighted by Crippen LogP contribution is 2.31. The average Bonchev–Trinajstić information content (AvgIpc) is 2.74. The smallest absolute Gasteiger partial charge is 0.267 e. The van der Waals surface area contributed by atoms with Crippen molar-refractivity contribution in [1.29, 1.82) is 5.26 Å². The summed E-state index contributed by atoms with van der Waals surface area (Å²) in [5.74, 6) is 1.30. The van der Waals surface area contributed by atoms with Crippen LogP contribution in [0.1, 0.15) is 11.1 Å². The molecule has 1 saturated heterocycles. The van der Waals surface area contributed by atoms with Gasteiger partial charge in [-0.25, -0.2) is 0 Å². The van der Waals surface area contributed by atoms with E-state index in [-0.39, 0.29) is 12.5 Å². The molecule has 6 heteroatoms. The molecule has 1 fully saturated rings. The van der Waals surface area contributed by atoms with Crippen LogP contribution < -0.4 is 9.47 Å². The molecule has 138 valence electrons. The van der Waals surface area contributed by atoms with Gasteiger partial charge in [0.1, 0.15) is 6.61 Å². The Bertz CT molecular complexity index is 852. The second kappa shape index (κ2) is 7.68. The Labute approximate surface area is 158 Å². The standard InChI is InChI=1S/C21H21N3O3/c22-13-16-5-7-17(8-6-16)14-23-9-11-24(12-10-23)21(25)20-15-26-18-3-1-2-4-19(18)27-20/h1-8,20H,9-12,14-15H2/t20-/m1/s1. The molecule has 1 atom stereocenters. The SMILES string of the molecule is N#Cc1ccc(CN2CCN(C(=O)[C@H]3COc4ccccc4O3)CC2)cc1. The third-order valence-corrected chi connectivity index (χ3v) is 4.96. The van der Waals surface area contributed by atoms with Gasteiger partial charge in [0.15, 0.2) is 11.5 Å². The van der Waals surface area contributed by atoms with E-state index in [0.29, 0.717) is 30.2 Å². The van der Waals surface area contributed by atoms with Crippen molar-refractivity contribution in [3.05, 3.63) is 59.7 Å². The van der Waals surface area contributed by atoms with Crippen LogP contribution in [0.15, 0.2) is 48.5 Å². The third-order valence-electron chi connectivity index (χ3n) is 4.96. The second-order valence-corrected chi connectivity index (χ2v) is 6.77. The summed E-state index contributed by atoms with van der Waals surface area (Å²) in [6, 6.07) is 17.2. The Morgan fingerprint density at radius 1 is 1.04 bits per heavy atom. The molecular formula is C21H21N3O3. The molecule has 0 aliphatic carbocycles. The topological polar surface area (TPSA) is 65.8 Å². The number of hydrogen-bond acceptors (Lipinski definition) is 5. The number of carbonyl (C=O) groups is 1. The first-order chi connectivity index (χ1) is 13.2. The van der Waals surface area contributed by atoms with Crippen molar-refractivity contribution in [2.45, 2.75) is 12.6 Å². The molecule has 27 heavy (non-hydrogen) atoms. The van der Waals surface area contributed by atoms with Crippen molar-refractivity contribution >= 4 is 5.91 Å². The number of nitriles is 1. The molecule has 2 aromatic rings. The van der Waals surface area contributed by atoms with Gasteiger partial charge in [-0.1, -0.05) is 24.3 Å². The van der Waals surface area contributed by atoms with Gasteiger partial charge in [0.2, 0.25) is 6.10 Å². The molecule has 2 aromatic carbocycles. The van der Waals surface area contributed by atoms with Crippen molar-refractivity contribution in [1.82, 2.24) is 9.80 Å². The minimum Gasteiger partial charge on any atom is -0.485 e. The molecule has 4 rings (SSSR count). The fraction of sp³-hybridized carbons (Fsp3) is 0.333. The number of nitrogens with zero attached hydrogens (tertiary/aromatic N) is 3. The lowest BCUT2D eigenvalue weighted by atomic mass is 10.1. The first-order valence-electron chi connectivity index (χ1n) is 9.11. The predicted molar refractivity (Wildman–Crippen MR) is 99.4 cm³/mol. The fourth-order valence-electron chi connectivity index (χ4n) is 3.41. The minimum absolute atomic E-state index is 0.0115. The molecule has 1 amide bonds. The highest BCUT2D eigenvalue weighted by Gasteiger charge is 2.32. The summed E-state index contributed by atoms with van der Waals surface area (Å²) in [4.78, 5) is 16.9. The molecule has 6 nitrogen and oxygen atoms in total. The van der Waals surface area contributed by atoms with Gasteiger partial charge in [-0.2, -0.15) is 5.26 Å². The molecule has 2 aliphatic rings. The van der Waals surface area contributed by atoms with Crippen LogP contribution in [-0.4, -0.2) is 54.6 Å². The lowest BCUT2D eigenvalue weighted by Gasteiger charge is -2.37. The van der Waals surface area contributed by atoms with Crippen molar-refractivity contribution in [3.8, 4) is 17.6 Å². The Morgan fingerprint density at radius 3 is 2.44 bits per heavy atom. The zero-order valence-electron chi connectivity index (χ0n) is 15.0. The Hall–Kier alpha value is -3.04. The monoisotopic (exact) mass is 363 g/mol. The van der Waals surface area contributed by atoms with Gasteiger partial charge in [0.25, 0.3) is 5.91 Å². The van der Waals surface area contributed by atoms with Crippen molar-refractivity contribution in [2.24, 2.45) is 0 Å². The summed E-state index contributed by atoms with van der Waals surface area (Å²) in [7, 11) is 0. The normalized spacial score (nSPS) is 19.4. The zero-order valence-corrected chi connectivity index (χ0v) is 15.0. The maximum atomic E-state index is 12.8. The maximum absolute atomic E-state index is 12.8. The fourth-order valence-corrected chi connectivity index (χ4v) is 3.41. The summed E-state index contributed by atoms with van der Waals surface area (Å²) in [5, 5.41) is 8.88. The third kappa shape index (κ3) is 3.88. The van der Waals surface area contributed by atoms with E-state index in [9.17, 15) is 4.79 Å². The van der Waals surface area contributed by atoms with Crippen LogP contribution >= 0.6 is 0 Å². The Kier molecular flexibility index (Phi) is 4.95. The zero-order chi connectivity index (χ0) is 18.6.